The maximum Gasteiger partial charge on any atom is 0.278 e. The number of aromatic nitrogens is 2. The maximum atomic E-state index is 12.5. The number of pyridine rings is 1. The zero-order valence-corrected chi connectivity index (χ0v) is 14.4. The van der Waals surface area contributed by atoms with Crippen molar-refractivity contribution in [1.82, 2.24) is 10.1 Å². The third kappa shape index (κ3) is 4.03. The van der Waals surface area contributed by atoms with Gasteiger partial charge < -0.3 is 14.6 Å². The average molecular weight is 337 g/mol. The van der Waals surface area contributed by atoms with E-state index in [1.54, 1.807) is 31.5 Å². The summed E-state index contributed by atoms with van der Waals surface area (Å²) in [6.07, 6.45) is 3.21. The number of hydrogen-bond donors (Lipinski definition) is 1. The Bertz CT molecular complexity index is 868. The van der Waals surface area contributed by atoms with Crippen LogP contribution in [-0.2, 0) is 6.61 Å². The van der Waals surface area contributed by atoms with Gasteiger partial charge in [0.1, 0.15) is 18.1 Å². The van der Waals surface area contributed by atoms with Gasteiger partial charge in [0.15, 0.2) is 5.69 Å². The molecule has 0 bridgehead atoms. The van der Waals surface area contributed by atoms with E-state index in [1.807, 2.05) is 26.0 Å². The summed E-state index contributed by atoms with van der Waals surface area (Å²) in [6, 6.07) is 9.39. The lowest BCUT2D eigenvalue weighted by Crippen LogP contribution is -2.15. The SMILES string of the molecule is Cc1cc(C)cc(OCc2c(C(=O)Nc3ccncc3)noc2C)c1. The van der Waals surface area contributed by atoms with Gasteiger partial charge in [0.05, 0.1) is 5.56 Å². The molecule has 2 aromatic heterocycles. The van der Waals surface area contributed by atoms with Gasteiger partial charge in [-0.2, -0.15) is 0 Å². The molecule has 0 saturated heterocycles. The van der Waals surface area contributed by atoms with Gasteiger partial charge in [0.2, 0.25) is 0 Å². The predicted molar refractivity (Wildman–Crippen MR) is 93.7 cm³/mol. The smallest absolute Gasteiger partial charge is 0.278 e. The largest absolute Gasteiger partial charge is 0.489 e. The minimum atomic E-state index is -0.345. The number of carbonyl (C=O) groups excluding carboxylic acids is 1. The van der Waals surface area contributed by atoms with Crippen molar-refractivity contribution in [3.05, 3.63) is 70.9 Å². The van der Waals surface area contributed by atoms with Gasteiger partial charge in [0, 0.05) is 18.1 Å². The van der Waals surface area contributed by atoms with Gasteiger partial charge in [-0.15, -0.1) is 0 Å². The molecule has 25 heavy (non-hydrogen) atoms. The molecular formula is C19H19N3O3. The molecule has 1 aromatic carbocycles. The second-order valence-corrected chi connectivity index (χ2v) is 5.87. The number of anilines is 1. The minimum Gasteiger partial charge on any atom is -0.489 e. The van der Waals surface area contributed by atoms with Crippen molar-refractivity contribution < 1.29 is 14.1 Å². The van der Waals surface area contributed by atoms with E-state index in [0.717, 1.165) is 16.9 Å². The summed E-state index contributed by atoms with van der Waals surface area (Å²) in [4.78, 5) is 16.4. The molecule has 0 fully saturated rings. The number of amides is 1. The van der Waals surface area contributed by atoms with Crippen LogP contribution in [0.25, 0.3) is 0 Å². The van der Waals surface area contributed by atoms with Crippen molar-refractivity contribution in [2.45, 2.75) is 27.4 Å². The van der Waals surface area contributed by atoms with Gasteiger partial charge in [-0.05, 0) is 56.2 Å². The third-order valence-corrected chi connectivity index (χ3v) is 3.72. The van der Waals surface area contributed by atoms with Crippen LogP contribution in [0.3, 0.4) is 0 Å². The van der Waals surface area contributed by atoms with E-state index < -0.39 is 0 Å². The van der Waals surface area contributed by atoms with Gasteiger partial charge in [0.25, 0.3) is 5.91 Å². The van der Waals surface area contributed by atoms with Gasteiger partial charge in [-0.1, -0.05) is 11.2 Å². The van der Waals surface area contributed by atoms with Crippen LogP contribution in [0.2, 0.25) is 0 Å². The number of hydrogen-bond acceptors (Lipinski definition) is 5. The molecule has 0 saturated carbocycles. The number of aryl methyl sites for hydroxylation is 3. The summed E-state index contributed by atoms with van der Waals surface area (Å²) in [7, 11) is 0. The first kappa shape index (κ1) is 16.7. The third-order valence-electron chi connectivity index (χ3n) is 3.72. The highest BCUT2D eigenvalue weighted by atomic mass is 16.5. The number of nitrogens with zero attached hydrogens (tertiary/aromatic N) is 2. The van der Waals surface area contributed by atoms with E-state index in [0.29, 0.717) is 17.0 Å². The number of rotatable bonds is 5. The predicted octanol–water partition coefficient (Wildman–Crippen LogP) is 3.83. The summed E-state index contributed by atoms with van der Waals surface area (Å²) >= 11 is 0. The lowest BCUT2D eigenvalue weighted by molar-refractivity contribution is 0.101. The summed E-state index contributed by atoms with van der Waals surface area (Å²) in [5.74, 6) is 0.963. The van der Waals surface area contributed by atoms with Crippen molar-refractivity contribution in [3.63, 3.8) is 0 Å². The highest BCUT2D eigenvalue weighted by Gasteiger charge is 2.20. The highest BCUT2D eigenvalue weighted by Crippen LogP contribution is 2.21. The minimum absolute atomic E-state index is 0.206. The van der Waals surface area contributed by atoms with Crippen LogP contribution < -0.4 is 10.1 Å². The van der Waals surface area contributed by atoms with Gasteiger partial charge >= 0.3 is 0 Å². The van der Waals surface area contributed by atoms with Crippen molar-refractivity contribution in [2.75, 3.05) is 5.32 Å². The van der Waals surface area contributed by atoms with Crippen molar-refractivity contribution in [3.8, 4) is 5.75 Å². The molecule has 0 spiro atoms. The van der Waals surface area contributed by atoms with E-state index in [4.69, 9.17) is 9.26 Å². The molecule has 2 heterocycles. The van der Waals surface area contributed by atoms with Crippen molar-refractivity contribution in [1.29, 1.82) is 0 Å². The number of ether oxygens (including phenoxy) is 1. The summed E-state index contributed by atoms with van der Waals surface area (Å²) in [5, 5.41) is 6.65. The lowest BCUT2D eigenvalue weighted by Gasteiger charge is -2.09. The Morgan fingerprint density at radius 3 is 2.48 bits per heavy atom. The molecule has 6 nitrogen and oxygen atoms in total. The number of nitrogens with one attached hydrogen (secondary N) is 1. The van der Waals surface area contributed by atoms with Crippen LogP contribution in [0, 0.1) is 20.8 Å². The fraction of sp³-hybridized carbons (Fsp3) is 0.211. The summed E-state index contributed by atoms with van der Waals surface area (Å²) < 4.78 is 11.0. The first-order valence-corrected chi connectivity index (χ1v) is 7.90. The monoisotopic (exact) mass is 337 g/mol. The van der Waals surface area contributed by atoms with E-state index in [1.165, 1.54) is 0 Å². The Morgan fingerprint density at radius 1 is 1.12 bits per heavy atom. The van der Waals surface area contributed by atoms with Crippen LogP contribution >= 0.6 is 0 Å². The molecule has 0 unspecified atom stereocenters. The fourth-order valence-corrected chi connectivity index (χ4v) is 2.54. The molecule has 1 N–H and O–H groups in total. The average Bonchev–Trinajstić information content (AvgIpc) is 2.94. The molecule has 1 amide bonds. The molecule has 0 radical (unpaired) electrons. The Balaban J connectivity index is 1.76. The van der Waals surface area contributed by atoms with Crippen LogP contribution in [0.4, 0.5) is 5.69 Å². The molecule has 0 aliphatic carbocycles. The zero-order chi connectivity index (χ0) is 17.8. The van der Waals surface area contributed by atoms with Crippen LogP contribution in [0.1, 0.15) is 32.9 Å². The van der Waals surface area contributed by atoms with Crippen LogP contribution in [0.5, 0.6) is 5.75 Å². The van der Waals surface area contributed by atoms with Crippen molar-refractivity contribution in [2.24, 2.45) is 0 Å². The maximum absolute atomic E-state index is 12.5. The van der Waals surface area contributed by atoms with Gasteiger partial charge in [-0.3, -0.25) is 9.78 Å². The Morgan fingerprint density at radius 2 is 1.80 bits per heavy atom. The van der Waals surface area contributed by atoms with Crippen molar-refractivity contribution >= 4 is 11.6 Å². The van der Waals surface area contributed by atoms with Crippen LogP contribution in [0.15, 0.2) is 47.2 Å². The molecule has 0 atom stereocenters. The quantitative estimate of drug-likeness (QED) is 0.766. The highest BCUT2D eigenvalue weighted by molar-refractivity contribution is 6.03. The molecule has 0 aliphatic rings. The molecule has 3 rings (SSSR count). The second-order valence-electron chi connectivity index (χ2n) is 5.87. The number of benzene rings is 1. The second kappa shape index (κ2) is 7.17. The summed E-state index contributed by atoms with van der Waals surface area (Å²) in [5.41, 5.74) is 3.73. The topological polar surface area (TPSA) is 77.2 Å². The van der Waals surface area contributed by atoms with Gasteiger partial charge in [-0.25, -0.2) is 0 Å². The standard InChI is InChI=1S/C19H19N3O3/c1-12-8-13(2)10-16(9-12)24-11-17-14(3)25-22-18(17)19(23)21-15-4-6-20-7-5-15/h4-10H,11H2,1-3H3,(H,20,21,23). The van der Waals surface area contributed by atoms with E-state index in [9.17, 15) is 4.79 Å². The van der Waals surface area contributed by atoms with E-state index in [-0.39, 0.29) is 18.2 Å². The number of carbonyl (C=O) groups is 1. The van der Waals surface area contributed by atoms with E-state index >= 15 is 0 Å². The first-order chi connectivity index (χ1) is 12.0. The Hall–Kier alpha value is -3.15. The Labute approximate surface area is 145 Å². The molecule has 6 heteroatoms. The lowest BCUT2D eigenvalue weighted by atomic mass is 10.1. The molecule has 128 valence electrons. The molecule has 0 aliphatic heterocycles. The normalized spacial score (nSPS) is 10.5. The van der Waals surface area contributed by atoms with E-state index in [2.05, 4.69) is 21.5 Å². The molecular weight excluding hydrogens is 318 g/mol. The fourth-order valence-electron chi connectivity index (χ4n) is 2.54. The van der Waals surface area contributed by atoms with Crippen LogP contribution in [-0.4, -0.2) is 16.0 Å². The Kier molecular flexibility index (Phi) is 4.79. The summed E-state index contributed by atoms with van der Waals surface area (Å²) in [6.45, 7) is 5.99. The first-order valence-electron chi connectivity index (χ1n) is 7.90. The zero-order valence-electron chi connectivity index (χ0n) is 14.4. The molecule has 3 aromatic rings.